The number of fused-ring (bicyclic) bond motifs is 1. The second kappa shape index (κ2) is 7.99. The summed E-state index contributed by atoms with van der Waals surface area (Å²) in [6.45, 7) is 3.10. The second-order valence-corrected chi connectivity index (χ2v) is 6.53. The highest BCUT2D eigenvalue weighted by molar-refractivity contribution is 5.75. The lowest BCUT2D eigenvalue weighted by Crippen LogP contribution is -2.27. The summed E-state index contributed by atoms with van der Waals surface area (Å²) in [6.07, 6.45) is 8.20. The number of pyridine rings is 1. The maximum Gasteiger partial charge on any atom is 0.221 e. The Kier molecular flexibility index (Phi) is 5.09. The average molecular weight is 375 g/mol. The van der Waals surface area contributed by atoms with Gasteiger partial charge in [0.25, 0.3) is 0 Å². The number of carbonyl (C=O) groups is 1. The predicted octanol–water partition coefficient (Wildman–Crippen LogP) is 2.05. The summed E-state index contributed by atoms with van der Waals surface area (Å²) in [5.74, 6) is 0.0109. The molecule has 28 heavy (non-hydrogen) atoms. The topological polar surface area (TPSA) is 90.0 Å². The van der Waals surface area contributed by atoms with Gasteiger partial charge < -0.3 is 5.32 Å². The van der Waals surface area contributed by atoms with E-state index in [0.29, 0.717) is 25.9 Å². The van der Waals surface area contributed by atoms with E-state index in [2.05, 4.69) is 25.5 Å². The zero-order valence-corrected chi connectivity index (χ0v) is 15.6. The molecule has 142 valence electrons. The van der Waals surface area contributed by atoms with E-state index < -0.39 is 0 Å². The van der Waals surface area contributed by atoms with E-state index in [-0.39, 0.29) is 5.91 Å². The zero-order chi connectivity index (χ0) is 19.3. The van der Waals surface area contributed by atoms with Crippen LogP contribution in [0.15, 0.2) is 55.1 Å². The van der Waals surface area contributed by atoms with Gasteiger partial charge in [0.15, 0.2) is 5.65 Å². The number of aryl methyl sites for hydroxylation is 2. The number of carbonyl (C=O) groups excluding carboxylic acids is 1. The summed E-state index contributed by atoms with van der Waals surface area (Å²) >= 11 is 0. The van der Waals surface area contributed by atoms with Crippen molar-refractivity contribution >= 4 is 11.6 Å². The van der Waals surface area contributed by atoms with E-state index in [1.54, 1.807) is 23.1 Å². The Morgan fingerprint density at radius 3 is 2.79 bits per heavy atom. The first-order valence-corrected chi connectivity index (χ1v) is 9.20. The summed E-state index contributed by atoms with van der Waals surface area (Å²) < 4.78 is 3.58. The first-order chi connectivity index (χ1) is 13.7. The molecule has 1 amide bonds. The van der Waals surface area contributed by atoms with Gasteiger partial charge in [-0.25, -0.2) is 9.50 Å². The van der Waals surface area contributed by atoms with Crippen molar-refractivity contribution in [2.24, 2.45) is 0 Å². The molecule has 4 rings (SSSR count). The molecule has 4 aromatic rings. The lowest BCUT2D eigenvalue weighted by Gasteiger charge is -2.05. The number of amides is 1. The molecule has 0 aliphatic heterocycles. The Balaban J connectivity index is 1.32. The lowest BCUT2D eigenvalue weighted by molar-refractivity contribution is -0.121. The molecule has 1 N–H and O–H groups in total. The van der Waals surface area contributed by atoms with Crippen molar-refractivity contribution in [3.8, 4) is 11.3 Å². The van der Waals surface area contributed by atoms with E-state index in [9.17, 15) is 4.79 Å². The van der Waals surface area contributed by atoms with Gasteiger partial charge in [-0.05, 0) is 31.2 Å². The molecule has 0 aliphatic rings. The quantitative estimate of drug-likeness (QED) is 0.534. The Bertz CT molecular complexity index is 1080. The van der Waals surface area contributed by atoms with E-state index in [1.807, 2.05) is 48.1 Å². The molecule has 0 spiro atoms. The molecule has 0 aromatic carbocycles. The number of nitrogens with one attached hydrogen (secondary N) is 1. The number of nitrogens with zero attached hydrogens (tertiary/aromatic N) is 6. The largest absolute Gasteiger partial charge is 0.356 e. The van der Waals surface area contributed by atoms with Crippen LogP contribution in [0.4, 0.5) is 0 Å². The Labute approximate surface area is 162 Å². The molecular formula is C20H21N7O. The van der Waals surface area contributed by atoms with Crippen molar-refractivity contribution in [1.82, 2.24) is 34.7 Å². The Morgan fingerprint density at radius 2 is 2.00 bits per heavy atom. The van der Waals surface area contributed by atoms with Gasteiger partial charge in [-0.2, -0.15) is 10.2 Å². The molecule has 0 atom stereocenters. The molecule has 0 saturated carbocycles. The van der Waals surface area contributed by atoms with Crippen LogP contribution >= 0.6 is 0 Å². The summed E-state index contributed by atoms with van der Waals surface area (Å²) in [6, 6.07) is 9.66. The third-order valence-electron chi connectivity index (χ3n) is 4.53. The van der Waals surface area contributed by atoms with E-state index in [1.165, 1.54) is 0 Å². The van der Waals surface area contributed by atoms with Crippen molar-refractivity contribution in [1.29, 1.82) is 0 Å². The minimum absolute atomic E-state index is 0.0109. The summed E-state index contributed by atoms with van der Waals surface area (Å²) in [5, 5.41) is 11.6. The fourth-order valence-corrected chi connectivity index (χ4v) is 2.99. The number of hydrogen-bond donors (Lipinski definition) is 1. The molecule has 4 aromatic heterocycles. The van der Waals surface area contributed by atoms with Crippen molar-refractivity contribution in [2.75, 3.05) is 6.54 Å². The monoisotopic (exact) mass is 375 g/mol. The first-order valence-electron chi connectivity index (χ1n) is 9.20. The summed E-state index contributed by atoms with van der Waals surface area (Å²) in [7, 11) is 0. The molecule has 0 saturated heterocycles. The van der Waals surface area contributed by atoms with Gasteiger partial charge in [-0.1, -0.05) is 0 Å². The molecule has 0 radical (unpaired) electrons. The van der Waals surface area contributed by atoms with Crippen LogP contribution in [0.5, 0.6) is 0 Å². The summed E-state index contributed by atoms with van der Waals surface area (Å²) in [5.41, 5.74) is 4.62. The minimum atomic E-state index is 0.0109. The van der Waals surface area contributed by atoms with E-state index in [0.717, 1.165) is 28.3 Å². The van der Waals surface area contributed by atoms with E-state index in [4.69, 9.17) is 0 Å². The molecule has 8 nitrogen and oxygen atoms in total. The zero-order valence-electron chi connectivity index (χ0n) is 15.6. The molecule has 0 bridgehead atoms. The highest BCUT2D eigenvalue weighted by Gasteiger charge is 2.07. The van der Waals surface area contributed by atoms with Crippen LogP contribution in [0.1, 0.15) is 17.8 Å². The first kappa shape index (κ1) is 17.8. The highest BCUT2D eigenvalue weighted by Crippen LogP contribution is 2.16. The fraction of sp³-hybridized carbons (Fsp3) is 0.250. The lowest BCUT2D eigenvalue weighted by atomic mass is 10.2. The highest BCUT2D eigenvalue weighted by atomic mass is 16.1. The molecular weight excluding hydrogens is 354 g/mol. The van der Waals surface area contributed by atoms with Gasteiger partial charge in [0.1, 0.15) is 0 Å². The fourth-order valence-electron chi connectivity index (χ4n) is 2.99. The van der Waals surface area contributed by atoms with Crippen molar-refractivity contribution in [3.05, 3.63) is 66.5 Å². The SMILES string of the molecule is Cc1ccnn1CCC(=O)NCCc1cc2nc(-c3ccncc3)ccn2n1. The number of rotatable bonds is 7. The maximum absolute atomic E-state index is 12.0. The van der Waals surface area contributed by atoms with Crippen LogP contribution in [0.25, 0.3) is 16.9 Å². The Morgan fingerprint density at radius 1 is 1.14 bits per heavy atom. The van der Waals surface area contributed by atoms with Gasteiger partial charge >= 0.3 is 0 Å². The van der Waals surface area contributed by atoms with Crippen molar-refractivity contribution < 1.29 is 4.79 Å². The van der Waals surface area contributed by atoms with Crippen LogP contribution in [0.2, 0.25) is 0 Å². The van der Waals surface area contributed by atoms with Gasteiger partial charge in [0.2, 0.25) is 5.91 Å². The van der Waals surface area contributed by atoms with Crippen molar-refractivity contribution in [2.45, 2.75) is 26.3 Å². The molecule has 0 unspecified atom stereocenters. The number of aromatic nitrogens is 6. The smallest absolute Gasteiger partial charge is 0.221 e. The third-order valence-corrected chi connectivity index (χ3v) is 4.53. The molecule has 8 heteroatoms. The van der Waals surface area contributed by atoms with Gasteiger partial charge in [0, 0.05) is 68.0 Å². The van der Waals surface area contributed by atoms with Crippen LogP contribution in [-0.4, -0.2) is 41.8 Å². The normalized spacial score (nSPS) is 11.0. The van der Waals surface area contributed by atoms with Crippen LogP contribution in [0.3, 0.4) is 0 Å². The molecule has 0 aliphatic carbocycles. The molecule has 4 heterocycles. The Hall–Kier alpha value is -3.55. The number of hydrogen-bond acceptors (Lipinski definition) is 5. The minimum Gasteiger partial charge on any atom is -0.356 e. The second-order valence-electron chi connectivity index (χ2n) is 6.53. The van der Waals surface area contributed by atoms with Crippen LogP contribution in [-0.2, 0) is 17.8 Å². The predicted molar refractivity (Wildman–Crippen MR) is 105 cm³/mol. The van der Waals surface area contributed by atoms with Crippen molar-refractivity contribution in [3.63, 3.8) is 0 Å². The van der Waals surface area contributed by atoms with E-state index >= 15 is 0 Å². The van der Waals surface area contributed by atoms with Crippen LogP contribution in [0, 0.1) is 6.92 Å². The average Bonchev–Trinajstić information content (AvgIpc) is 3.31. The van der Waals surface area contributed by atoms with Gasteiger partial charge in [0.05, 0.1) is 11.4 Å². The van der Waals surface area contributed by atoms with Gasteiger partial charge in [-0.15, -0.1) is 0 Å². The summed E-state index contributed by atoms with van der Waals surface area (Å²) in [4.78, 5) is 20.7. The van der Waals surface area contributed by atoms with Crippen LogP contribution < -0.4 is 5.32 Å². The van der Waals surface area contributed by atoms with Gasteiger partial charge in [-0.3, -0.25) is 14.5 Å². The standard InChI is InChI=1S/C20H21N7O/c1-15-2-11-23-26(15)13-7-20(28)22-10-5-17-14-19-24-18(6-12-27(19)25-17)16-3-8-21-9-4-16/h2-4,6,8-9,11-12,14H,5,7,10,13H2,1H3,(H,22,28). The third kappa shape index (κ3) is 4.06. The maximum atomic E-state index is 12.0. The molecule has 0 fully saturated rings.